The van der Waals surface area contributed by atoms with Crippen molar-refractivity contribution in [3.8, 4) is 6.07 Å². The summed E-state index contributed by atoms with van der Waals surface area (Å²) in [5.74, 6) is 0.682. The van der Waals surface area contributed by atoms with Crippen LogP contribution in [-0.2, 0) is 6.42 Å². The van der Waals surface area contributed by atoms with Crippen molar-refractivity contribution in [1.29, 1.82) is 5.26 Å². The average Bonchev–Trinajstić information content (AvgIpc) is 2.57. The van der Waals surface area contributed by atoms with E-state index in [9.17, 15) is 5.26 Å². The van der Waals surface area contributed by atoms with Crippen LogP contribution in [0.5, 0.6) is 0 Å². The molecule has 5 heteroatoms. The van der Waals surface area contributed by atoms with Crippen molar-refractivity contribution >= 4 is 28.2 Å². The van der Waals surface area contributed by atoms with E-state index in [-0.39, 0.29) is 0 Å². The highest BCUT2D eigenvalue weighted by Crippen LogP contribution is 2.25. The van der Waals surface area contributed by atoms with Gasteiger partial charge in [0, 0.05) is 12.6 Å². The van der Waals surface area contributed by atoms with Gasteiger partial charge in [0.15, 0.2) is 0 Å². The minimum absolute atomic E-state index is 0.405. The van der Waals surface area contributed by atoms with Crippen molar-refractivity contribution in [2.45, 2.75) is 13.3 Å². The average molecular weight is 323 g/mol. The van der Waals surface area contributed by atoms with Crippen molar-refractivity contribution in [2.75, 3.05) is 11.9 Å². The van der Waals surface area contributed by atoms with Crippen LogP contribution in [-0.4, -0.2) is 16.5 Å². The van der Waals surface area contributed by atoms with Gasteiger partial charge in [0.2, 0.25) is 0 Å². The van der Waals surface area contributed by atoms with Gasteiger partial charge >= 0.3 is 0 Å². The second-order valence-corrected chi connectivity index (χ2v) is 5.65. The Hall–Kier alpha value is -2.64. The predicted molar refractivity (Wildman–Crippen MR) is 92.6 cm³/mol. The monoisotopic (exact) mass is 322 g/mol. The summed E-state index contributed by atoms with van der Waals surface area (Å²) in [6, 6.07) is 14.1. The van der Waals surface area contributed by atoms with E-state index in [2.05, 4.69) is 34.3 Å². The number of nitrogens with zero attached hydrogens (tertiary/aromatic N) is 3. The van der Waals surface area contributed by atoms with Gasteiger partial charge in [0.05, 0.1) is 11.6 Å². The molecule has 0 unspecified atom stereocenters. The van der Waals surface area contributed by atoms with E-state index in [1.54, 1.807) is 6.07 Å². The molecule has 0 aliphatic carbocycles. The zero-order chi connectivity index (χ0) is 16.2. The van der Waals surface area contributed by atoms with Crippen LogP contribution in [0.2, 0.25) is 5.15 Å². The topological polar surface area (TPSA) is 61.6 Å². The van der Waals surface area contributed by atoms with Crippen LogP contribution >= 0.6 is 11.6 Å². The van der Waals surface area contributed by atoms with Crippen LogP contribution in [0.1, 0.15) is 16.7 Å². The molecule has 1 aromatic heterocycles. The number of rotatable bonds is 4. The molecule has 1 N–H and O–H groups in total. The largest absolute Gasteiger partial charge is 0.370 e. The number of fused-ring (bicyclic) bond motifs is 1. The Morgan fingerprint density at radius 2 is 2.04 bits per heavy atom. The molecule has 1 heterocycles. The first-order chi connectivity index (χ1) is 11.2. The fourth-order valence-electron chi connectivity index (χ4n) is 2.74. The number of anilines is 1. The molecule has 0 bridgehead atoms. The Bertz CT molecular complexity index is 899. The lowest BCUT2D eigenvalue weighted by Crippen LogP contribution is -2.09. The Morgan fingerprint density at radius 3 is 2.83 bits per heavy atom. The molecular formula is C18H15ClN4. The number of aryl methyl sites for hydroxylation is 1. The van der Waals surface area contributed by atoms with Crippen LogP contribution in [0.25, 0.3) is 10.8 Å². The first kappa shape index (κ1) is 15.3. The third kappa shape index (κ3) is 3.25. The van der Waals surface area contributed by atoms with E-state index < -0.39 is 0 Å². The summed E-state index contributed by atoms with van der Waals surface area (Å²) in [4.78, 5) is 7.97. The molecule has 114 valence electrons. The van der Waals surface area contributed by atoms with Gasteiger partial charge in [-0.05, 0) is 41.3 Å². The molecule has 0 aliphatic heterocycles. The zero-order valence-corrected chi connectivity index (χ0v) is 13.4. The molecule has 0 spiro atoms. The predicted octanol–water partition coefficient (Wildman–Crippen LogP) is 4.12. The lowest BCUT2D eigenvalue weighted by molar-refractivity contribution is 0.987. The molecule has 0 aliphatic rings. The van der Waals surface area contributed by atoms with E-state index in [0.717, 1.165) is 28.5 Å². The second kappa shape index (κ2) is 6.64. The molecule has 2 aromatic carbocycles. The standard InChI is InChI=1S/C18H15ClN4/c1-12-15-5-3-2-4-13(15)8-14(10-20)16(12)6-7-21-18-9-17(19)22-11-23-18/h2-5,8-9,11H,6-7H2,1H3,(H,21,22,23). The molecule has 3 aromatic rings. The van der Waals surface area contributed by atoms with Gasteiger partial charge in [-0.2, -0.15) is 5.26 Å². The molecule has 23 heavy (non-hydrogen) atoms. The van der Waals surface area contributed by atoms with Gasteiger partial charge in [0.25, 0.3) is 0 Å². The second-order valence-electron chi connectivity index (χ2n) is 5.26. The van der Waals surface area contributed by atoms with Crippen molar-refractivity contribution in [1.82, 2.24) is 9.97 Å². The van der Waals surface area contributed by atoms with Gasteiger partial charge in [-0.3, -0.25) is 0 Å². The highest BCUT2D eigenvalue weighted by atomic mass is 35.5. The van der Waals surface area contributed by atoms with Gasteiger partial charge in [0.1, 0.15) is 17.3 Å². The first-order valence-corrected chi connectivity index (χ1v) is 7.69. The van der Waals surface area contributed by atoms with Gasteiger partial charge < -0.3 is 5.32 Å². The highest BCUT2D eigenvalue weighted by molar-refractivity contribution is 6.29. The fraction of sp³-hybridized carbons (Fsp3) is 0.167. The van der Waals surface area contributed by atoms with Gasteiger partial charge in [-0.25, -0.2) is 9.97 Å². The molecule has 0 amide bonds. The summed E-state index contributed by atoms with van der Waals surface area (Å²) >= 11 is 5.84. The Kier molecular flexibility index (Phi) is 4.40. The van der Waals surface area contributed by atoms with E-state index in [4.69, 9.17) is 11.6 Å². The summed E-state index contributed by atoms with van der Waals surface area (Å²) in [7, 11) is 0. The fourth-order valence-corrected chi connectivity index (χ4v) is 2.89. The summed E-state index contributed by atoms with van der Waals surface area (Å²) in [6.45, 7) is 2.74. The number of nitrogens with one attached hydrogen (secondary N) is 1. The van der Waals surface area contributed by atoms with Gasteiger partial charge in [-0.1, -0.05) is 35.9 Å². The summed E-state index contributed by atoms with van der Waals surface area (Å²) in [6.07, 6.45) is 2.16. The highest BCUT2D eigenvalue weighted by Gasteiger charge is 2.10. The van der Waals surface area contributed by atoms with Crippen LogP contribution in [0.15, 0.2) is 42.7 Å². The maximum Gasteiger partial charge on any atom is 0.134 e. The lowest BCUT2D eigenvalue weighted by atomic mass is 9.93. The zero-order valence-electron chi connectivity index (χ0n) is 12.7. The smallest absolute Gasteiger partial charge is 0.134 e. The molecule has 0 saturated carbocycles. The first-order valence-electron chi connectivity index (χ1n) is 7.32. The molecule has 0 saturated heterocycles. The molecule has 0 radical (unpaired) electrons. The van der Waals surface area contributed by atoms with Crippen LogP contribution in [0.4, 0.5) is 5.82 Å². The van der Waals surface area contributed by atoms with Gasteiger partial charge in [-0.15, -0.1) is 0 Å². The molecule has 0 atom stereocenters. The molecule has 3 rings (SSSR count). The third-order valence-corrected chi connectivity index (χ3v) is 4.08. The minimum atomic E-state index is 0.405. The number of hydrogen-bond donors (Lipinski definition) is 1. The summed E-state index contributed by atoms with van der Waals surface area (Å²) < 4.78 is 0. The van der Waals surface area contributed by atoms with Crippen molar-refractivity contribution < 1.29 is 0 Å². The van der Waals surface area contributed by atoms with Crippen LogP contribution in [0.3, 0.4) is 0 Å². The minimum Gasteiger partial charge on any atom is -0.370 e. The van der Waals surface area contributed by atoms with Crippen molar-refractivity contribution in [3.63, 3.8) is 0 Å². The van der Waals surface area contributed by atoms with E-state index >= 15 is 0 Å². The number of aromatic nitrogens is 2. The number of halogens is 1. The number of nitriles is 1. The third-order valence-electron chi connectivity index (χ3n) is 3.88. The van der Waals surface area contributed by atoms with E-state index in [1.807, 2.05) is 24.3 Å². The normalized spacial score (nSPS) is 10.5. The lowest BCUT2D eigenvalue weighted by Gasteiger charge is -2.12. The number of hydrogen-bond acceptors (Lipinski definition) is 4. The summed E-state index contributed by atoms with van der Waals surface area (Å²) in [5.41, 5.74) is 2.95. The Morgan fingerprint density at radius 1 is 1.22 bits per heavy atom. The summed E-state index contributed by atoms with van der Waals surface area (Å²) in [5, 5.41) is 15.4. The number of benzene rings is 2. The Labute approximate surface area is 139 Å². The maximum atomic E-state index is 9.45. The SMILES string of the molecule is Cc1c(CCNc2cc(Cl)ncn2)c(C#N)cc2ccccc12. The molecule has 0 fully saturated rings. The van der Waals surface area contributed by atoms with Crippen LogP contribution in [0, 0.1) is 18.3 Å². The van der Waals surface area contributed by atoms with E-state index in [1.165, 1.54) is 11.7 Å². The quantitative estimate of drug-likeness (QED) is 0.734. The van der Waals surface area contributed by atoms with Crippen molar-refractivity contribution in [3.05, 3.63) is 64.6 Å². The molecular weight excluding hydrogens is 308 g/mol. The molecule has 4 nitrogen and oxygen atoms in total. The van der Waals surface area contributed by atoms with Crippen LogP contribution < -0.4 is 5.32 Å². The van der Waals surface area contributed by atoms with E-state index in [0.29, 0.717) is 17.5 Å². The Balaban J connectivity index is 1.85. The maximum absolute atomic E-state index is 9.45. The van der Waals surface area contributed by atoms with Crippen molar-refractivity contribution in [2.24, 2.45) is 0 Å².